The van der Waals surface area contributed by atoms with E-state index in [1.807, 2.05) is 6.92 Å². The van der Waals surface area contributed by atoms with Crippen LogP contribution in [0.2, 0.25) is 0 Å². The van der Waals surface area contributed by atoms with Gasteiger partial charge in [0.2, 0.25) is 0 Å². The zero-order chi connectivity index (χ0) is 10.7. The van der Waals surface area contributed by atoms with Crippen LogP contribution in [0.25, 0.3) is 0 Å². The molecule has 0 aliphatic rings. The van der Waals surface area contributed by atoms with Gasteiger partial charge in [-0.2, -0.15) is 0 Å². The van der Waals surface area contributed by atoms with Crippen molar-refractivity contribution in [1.82, 2.24) is 9.97 Å². The first kappa shape index (κ1) is 11.2. The molecule has 0 saturated carbocycles. The molecule has 1 rings (SSSR count). The highest BCUT2D eigenvalue weighted by molar-refractivity contribution is 7.79. The lowest BCUT2D eigenvalue weighted by Gasteiger charge is -2.13. The van der Waals surface area contributed by atoms with E-state index in [2.05, 4.69) is 9.97 Å². The number of aromatic nitrogens is 2. The molecule has 1 heterocycles. The molecule has 14 heavy (non-hydrogen) atoms. The van der Waals surface area contributed by atoms with Gasteiger partial charge < -0.3 is 9.66 Å². The summed E-state index contributed by atoms with van der Waals surface area (Å²) < 4.78 is 19.4. The number of hydrogen-bond donors (Lipinski definition) is 2. The fraction of sp³-hybridized carbons (Fsp3) is 0.500. The van der Waals surface area contributed by atoms with Gasteiger partial charge in [0.05, 0.1) is 5.25 Å². The van der Waals surface area contributed by atoms with E-state index >= 15 is 0 Å². The molecule has 78 valence electrons. The standard InChI is InChI=1S/C8H12N2O3S/c1-5-3-9-8(10-4-5)7(11)6(2)14(12)13/h3-4,6-7,11H,1-2H3,(H,12,13)/t6-,7-/m1/s1. The topological polar surface area (TPSA) is 83.3 Å². The summed E-state index contributed by atoms with van der Waals surface area (Å²) >= 11 is -2.08. The van der Waals surface area contributed by atoms with Crippen LogP contribution < -0.4 is 0 Å². The number of hydrogen-bond acceptors (Lipinski definition) is 4. The number of nitrogens with zero attached hydrogens (tertiary/aromatic N) is 2. The molecular formula is C8H12N2O3S. The molecule has 0 aromatic carbocycles. The molecule has 0 fully saturated rings. The second kappa shape index (κ2) is 4.59. The summed E-state index contributed by atoms with van der Waals surface area (Å²) in [6.07, 6.45) is 2.00. The van der Waals surface area contributed by atoms with Gasteiger partial charge >= 0.3 is 0 Å². The summed E-state index contributed by atoms with van der Waals surface area (Å²) in [5, 5.41) is 8.78. The van der Waals surface area contributed by atoms with Gasteiger partial charge in [-0.05, 0) is 19.4 Å². The summed E-state index contributed by atoms with van der Waals surface area (Å²) in [6.45, 7) is 3.29. The van der Waals surface area contributed by atoms with Crippen LogP contribution in [-0.2, 0) is 11.1 Å². The highest BCUT2D eigenvalue weighted by Crippen LogP contribution is 2.15. The van der Waals surface area contributed by atoms with Crippen LogP contribution in [0, 0.1) is 6.92 Å². The number of rotatable bonds is 3. The van der Waals surface area contributed by atoms with Crippen molar-refractivity contribution >= 4 is 11.1 Å². The maximum absolute atomic E-state index is 10.7. The lowest BCUT2D eigenvalue weighted by molar-refractivity contribution is 0.165. The van der Waals surface area contributed by atoms with Gasteiger partial charge in [-0.15, -0.1) is 0 Å². The molecule has 6 heteroatoms. The van der Waals surface area contributed by atoms with Gasteiger partial charge in [-0.3, -0.25) is 0 Å². The Morgan fingerprint density at radius 1 is 1.43 bits per heavy atom. The van der Waals surface area contributed by atoms with Crippen molar-refractivity contribution in [2.24, 2.45) is 0 Å². The van der Waals surface area contributed by atoms with Crippen molar-refractivity contribution in [2.75, 3.05) is 0 Å². The van der Waals surface area contributed by atoms with E-state index in [0.29, 0.717) is 0 Å². The minimum atomic E-state index is -2.08. The lowest BCUT2D eigenvalue weighted by atomic mass is 10.2. The Bertz CT molecular complexity index is 328. The number of aliphatic hydroxyl groups excluding tert-OH is 1. The Morgan fingerprint density at radius 3 is 2.36 bits per heavy atom. The van der Waals surface area contributed by atoms with Gasteiger partial charge in [0.1, 0.15) is 6.10 Å². The maximum atomic E-state index is 10.7. The van der Waals surface area contributed by atoms with Gasteiger partial charge in [0.25, 0.3) is 0 Å². The Morgan fingerprint density at radius 2 is 1.93 bits per heavy atom. The van der Waals surface area contributed by atoms with E-state index < -0.39 is 22.4 Å². The lowest BCUT2D eigenvalue weighted by Crippen LogP contribution is -2.21. The number of aryl methyl sites for hydroxylation is 1. The van der Waals surface area contributed by atoms with E-state index in [1.54, 1.807) is 12.4 Å². The minimum Gasteiger partial charge on any atom is -0.384 e. The average Bonchev–Trinajstić information content (AvgIpc) is 2.16. The Hall–Kier alpha value is -0.850. The summed E-state index contributed by atoms with van der Waals surface area (Å²) in [6, 6.07) is 0. The number of aliphatic hydroxyl groups is 1. The van der Waals surface area contributed by atoms with Gasteiger partial charge in [0, 0.05) is 12.4 Å². The molecule has 0 radical (unpaired) electrons. The van der Waals surface area contributed by atoms with Crippen LogP contribution in [0.15, 0.2) is 12.4 Å². The van der Waals surface area contributed by atoms with Gasteiger partial charge in [0.15, 0.2) is 16.9 Å². The highest BCUT2D eigenvalue weighted by atomic mass is 32.2. The normalized spacial score (nSPS) is 17.4. The van der Waals surface area contributed by atoms with E-state index in [-0.39, 0.29) is 5.82 Å². The zero-order valence-electron chi connectivity index (χ0n) is 7.91. The molecule has 5 nitrogen and oxygen atoms in total. The average molecular weight is 216 g/mol. The van der Waals surface area contributed by atoms with E-state index in [4.69, 9.17) is 4.55 Å². The van der Waals surface area contributed by atoms with Crippen LogP contribution in [-0.4, -0.2) is 29.1 Å². The largest absolute Gasteiger partial charge is 0.384 e. The summed E-state index contributed by atoms with van der Waals surface area (Å²) in [7, 11) is 0. The molecular weight excluding hydrogens is 204 g/mol. The molecule has 0 bridgehead atoms. The maximum Gasteiger partial charge on any atom is 0.158 e. The quantitative estimate of drug-likeness (QED) is 0.716. The minimum absolute atomic E-state index is 0.172. The summed E-state index contributed by atoms with van der Waals surface area (Å²) in [5.74, 6) is 0.172. The van der Waals surface area contributed by atoms with Crippen molar-refractivity contribution in [3.63, 3.8) is 0 Å². The van der Waals surface area contributed by atoms with E-state index in [0.717, 1.165) is 5.56 Å². The molecule has 0 aliphatic heterocycles. The summed E-state index contributed by atoms with van der Waals surface area (Å²) in [4.78, 5) is 7.75. The SMILES string of the molecule is Cc1cnc([C@H](O)[C@@H](C)S(=O)O)nc1. The van der Waals surface area contributed by atoms with Crippen molar-refractivity contribution in [3.05, 3.63) is 23.8 Å². The molecule has 0 spiro atoms. The molecule has 1 aromatic rings. The van der Waals surface area contributed by atoms with E-state index in [9.17, 15) is 9.32 Å². The van der Waals surface area contributed by atoms with Crippen molar-refractivity contribution in [3.8, 4) is 0 Å². The van der Waals surface area contributed by atoms with Crippen molar-refractivity contribution < 1.29 is 13.9 Å². The van der Waals surface area contributed by atoms with Crippen LogP contribution >= 0.6 is 0 Å². The first-order chi connectivity index (χ1) is 6.52. The molecule has 1 aromatic heterocycles. The second-order valence-electron chi connectivity index (χ2n) is 3.04. The fourth-order valence-corrected chi connectivity index (χ4v) is 1.22. The second-order valence-corrected chi connectivity index (χ2v) is 4.34. The Labute approximate surface area is 84.5 Å². The van der Waals surface area contributed by atoms with Crippen LogP contribution in [0.5, 0.6) is 0 Å². The van der Waals surface area contributed by atoms with Crippen LogP contribution in [0.3, 0.4) is 0 Å². The highest BCUT2D eigenvalue weighted by Gasteiger charge is 2.23. The first-order valence-corrected chi connectivity index (χ1v) is 5.25. The molecule has 0 amide bonds. The zero-order valence-corrected chi connectivity index (χ0v) is 8.73. The third-order valence-electron chi connectivity index (χ3n) is 1.83. The Kier molecular flexibility index (Phi) is 3.68. The molecule has 0 aliphatic carbocycles. The fourth-order valence-electron chi connectivity index (χ4n) is 0.876. The smallest absolute Gasteiger partial charge is 0.158 e. The van der Waals surface area contributed by atoms with Gasteiger partial charge in [-0.1, -0.05) is 0 Å². The third kappa shape index (κ3) is 2.57. The third-order valence-corrected chi connectivity index (χ3v) is 2.72. The van der Waals surface area contributed by atoms with Crippen molar-refractivity contribution in [1.29, 1.82) is 0 Å². The predicted octanol–water partition coefficient (Wildman–Crippen LogP) is 0.429. The molecule has 3 atom stereocenters. The van der Waals surface area contributed by atoms with Crippen molar-refractivity contribution in [2.45, 2.75) is 25.2 Å². The van der Waals surface area contributed by atoms with Gasteiger partial charge in [-0.25, -0.2) is 14.2 Å². The first-order valence-electron chi connectivity index (χ1n) is 4.08. The monoisotopic (exact) mass is 216 g/mol. The molecule has 0 saturated heterocycles. The van der Waals surface area contributed by atoms with Crippen LogP contribution in [0.1, 0.15) is 24.4 Å². The van der Waals surface area contributed by atoms with Crippen LogP contribution in [0.4, 0.5) is 0 Å². The molecule has 1 unspecified atom stereocenters. The summed E-state index contributed by atoms with van der Waals surface area (Å²) in [5.41, 5.74) is 0.874. The predicted molar refractivity (Wildman–Crippen MR) is 52.0 cm³/mol. The Balaban J connectivity index is 2.84. The van der Waals surface area contributed by atoms with E-state index in [1.165, 1.54) is 6.92 Å². The molecule has 2 N–H and O–H groups in total.